The number of amides is 1. The molecule has 1 aliphatic rings. The number of carbonyl (C=O) groups excluding carboxylic acids is 1. The van der Waals surface area contributed by atoms with Gasteiger partial charge < -0.3 is 15.0 Å². The van der Waals surface area contributed by atoms with E-state index in [1.54, 1.807) is 17.0 Å². The number of hydrogen-bond donors (Lipinski definition) is 1. The first kappa shape index (κ1) is 17.3. The molecule has 3 rings (SSSR count). The van der Waals surface area contributed by atoms with E-state index in [1.807, 2.05) is 36.4 Å². The Hall–Kier alpha value is -2.56. The van der Waals surface area contributed by atoms with Crippen molar-refractivity contribution < 1.29 is 13.9 Å². The van der Waals surface area contributed by atoms with Gasteiger partial charge in [0.15, 0.2) is 0 Å². The van der Waals surface area contributed by atoms with Gasteiger partial charge in [0.2, 0.25) is 0 Å². The molecule has 2 aromatic carbocycles. The summed E-state index contributed by atoms with van der Waals surface area (Å²) in [5.41, 5.74) is 1.49. The fourth-order valence-corrected chi connectivity index (χ4v) is 3.11. The molecule has 1 N–H and O–H groups in total. The summed E-state index contributed by atoms with van der Waals surface area (Å²) in [5, 5.41) is 3.26. The molecule has 132 valence electrons. The van der Waals surface area contributed by atoms with Crippen LogP contribution in [0.4, 0.5) is 14.9 Å². The zero-order valence-electron chi connectivity index (χ0n) is 14.3. The van der Waals surface area contributed by atoms with Gasteiger partial charge >= 0.3 is 6.09 Å². The Morgan fingerprint density at radius 1 is 1.20 bits per heavy atom. The van der Waals surface area contributed by atoms with E-state index < -0.39 is 0 Å². The standard InChI is InChI=1S/C20H23FN2O2/c1-15-13-23(20(24)25-14-16-7-3-2-4-8-16)12-11-18(15)22-19-10-6-5-9-17(19)21/h2-10,15,18,22H,11-14H2,1H3. The van der Waals surface area contributed by atoms with E-state index in [4.69, 9.17) is 4.74 Å². The molecule has 1 fully saturated rings. The van der Waals surface area contributed by atoms with Crippen molar-refractivity contribution in [3.8, 4) is 0 Å². The lowest BCUT2D eigenvalue weighted by molar-refractivity contribution is 0.0786. The highest BCUT2D eigenvalue weighted by Gasteiger charge is 2.29. The van der Waals surface area contributed by atoms with Gasteiger partial charge in [-0.2, -0.15) is 0 Å². The van der Waals surface area contributed by atoms with Crippen molar-refractivity contribution in [1.29, 1.82) is 0 Å². The topological polar surface area (TPSA) is 41.6 Å². The Balaban J connectivity index is 1.51. The molecule has 0 aliphatic carbocycles. The smallest absolute Gasteiger partial charge is 0.410 e. The van der Waals surface area contributed by atoms with Crippen LogP contribution in [0.15, 0.2) is 54.6 Å². The van der Waals surface area contributed by atoms with Crippen LogP contribution in [0.5, 0.6) is 0 Å². The number of nitrogens with zero attached hydrogens (tertiary/aromatic N) is 1. The second-order valence-electron chi connectivity index (χ2n) is 6.48. The minimum absolute atomic E-state index is 0.134. The normalized spacial score (nSPS) is 20.2. The maximum atomic E-state index is 13.8. The molecule has 1 saturated heterocycles. The van der Waals surface area contributed by atoms with Crippen LogP contribution in [-0.4, -0.2) is 30.1 Å². The van der Waals surface area contributed by atoms with Crippen molar-refractivity contribution in [3.63, 3.8) is 0 Å². The van der Waals surface area contributed by atoms with Gasteiger partial charge in [0, 0.05) is 19.1 Å². The van der Waals surface area contributed by atoms with E-state index in [0.29, 0.717) is 18.8 Å². The largest absolute Gasteiger partial charge is 0.445 e. The lowest BCUT2D eigenvalue weighted by Gasteiger charge is -2.37. The zero-order chi connectivity index (χ0) is 17.6. The Morgan fingerprint density at radius 3 is 2.64 bits per heavy atom. The van der Waals surface area contributed by atoms with E-state index in [0.717, 1.165) is 12.0 Å². The predicted molar refractivity (Wildman–Crippen MR) is 95.8 cm³/mol. The third-order valence-electron chi connectivity index (χ3n) is 4.58. The van der Waals surface area contributed by atoms with Crippen molar-refractivity contribution in [2.24, 2.45) is 5.92 Å². The summed E-state index contributed by atoms with van der Waals surface area (Å²) < 4.78 is 19.2. The molecule has 0 bridgehead atoms. The number of nitrogens with one attached hydrogen (secondary N) is 1. The molecule has 1 aliphatic heterocycles. The van der Waals surface area contributed by atoms with Crippen LogP contribution in [0, 0.1) is 11.7 Å². The van der Waals surface area contributed by atoms with Crippen molar-refractivity contribution in [2.45, 2.75) is 26.0 Å². The minimum Gasteiger partial charge on any atom is -0.445 e. The molecule has 0 saturated carbocycles. The highest BCUT2D eigenvalue weighted by Crippen LogP contribution is 2.23. The summed E-state index contributed by atoms with van der Waals surface area (Å²) in [6, 6.07) is 16.4. The Labute approximate surface area is 147 Å². The van der Waals surface area contributed by atoms with E-state index in [9.17, 15) is 9.18 Å². The van der Waals surface area contributed by atoms with E-state index in [2.05, 4.69) is 12.2 Å². The van der Waals surface area contributed by atoms with Crippen LogP contribution in [0.2, 0.25) is 0 Å². The molecule has 2 atom stereocenters. The van der Waals surface area contributed by atoms with Gasteiger partial charge in [-0.3, -0.25) is 0 Å². The molecular formula is C20H23FN2O2. The van der Waals surface area contributed by atoms with Gasteiger partial charge in [-0.15, -0.1) is 0 Å². The summed E-state index contributed by atoms with van der Waals surface area (Å²) in [6.07, 6.45) is 0.468. The second kappa shape index (κ2) is 8.01. The quantitative estimate of drug-likeness (QED) is 0.901. The van der Waals surface area contributed by atoms with Gasteiger partial charge in [-0.1, -0.05) is 49.4 Å². The third-order valence-corrected chi connectivity index (χ3v) is 4.58. The van der Waals surface area contributed by atoms with Crippen LogP contribution >= 0.6 is 0 Å². The summed E-state index contributed by atoms with van der Waals surface area (Å²) >= 11 is 0. The van der Waals surface area contributed by atoms with E-state index >= 15 is 0 Å². The molecule has 1 amide bonds. The molecule has 0 aromatic heterocycles. The van der Waals surface area contributed by atoms with Gasteiger partial charge in [0.05, 0.1) is 5.69 Å². The van der Waals surface area contributed by atoms with E-state index in [-0.39, 0.29) is 30.5 Å². The predicted octanol–water partition coefficient (Wildman–Crippen LogP) is 4.28. The fourth-order valence-electron chi connectivity index (χ4n) is 3.11. The Bertz CT molecular complexity index is 708. The maximum Gasteiger partial charge on any atom is 0.410 e. The van der Waals surface area contributed by atoms with Gasteiger partial charge in [-0.05, 0) is 30.0 Å². The van der Waals surface area contributed by atoms with Crippen molar-refractivity contribution in [1.82, 2.24) is 4.90 Å². The molecule has 2 aromatic rings. The lowest BCUT2D eigenvalue weighted by atomic mass is 9.94. The molecule has 5 heteroatoms. The number of anilines is 1. The Kier molecular flexibility index (Phi) is 5.53. The summed E-state index contributed by atoms with van der Waals surface area (Å²) in [6.45, 7) is 3.54. The summed E-state index contributed by atoms with van der Waals surface area (Å²) in [5.74, 6) is -0.0444. The first-order valence-electron chi connectivity index (χ1n) is 8.60. The van der Waals surface area contributed by atoms with Crippen LogP contribution in [0.1, 0.15) is 18.9 Å². The molecule has 1 heterocycles. The van der Waals surface area contributed by atoms with Crippen molar-refractivity contribution in [2.75, 3.05) is 18.4 Å². The van der Waals surface area contributed by atoms with Gasteiger partial charge in [0.25, 0.3) is 0 Å². The molecule has 4 nitrogen and oxygen atoms in total. The van der Waals surface area contributed by atoms with Crippen molar-refractivity contribution >= 4 is 11.8 Å². The lowest BCUT2D eigenvalue weighted by Crippen LogP contribution is -2.47. The van der Waals surface area contributed by atoms with Crippen LogP contribution in [0.3, 0.4) is 0 Å². The number of rotatable bonds is 4. The summed E-state index contributed by atoms with van der Waals surface area (Å²) in [4.78, 5) is 14.0. The van der Waals surface area contributed by atoms with Gasteiger partial charge in [0.1, 0.15) is 12.4 Å². The second-order valence-corrected chi connectivity index (χ2v) is 6.48. The van der Waals surface area contributed by atoms with Gasteiger partial charge in [-0.25, -0.2) is 9.18 Å². The fraction of sp³-hybridized carbons (Fsp3) is 0.350. The number of para-hydroxylation sites is 1. The number of hydrogen-bond acceptors (Lipinski definition) is 3. The summed E-state index contributed by atoms with van der Waals surface area (Å²) in [7, 11) is 0. The maximum absolute atomic E-state index is 13.8. The Morgan fingerprint density at radius 2 is 1.92 bits per heavy atom. The van der Waals surface area contributed by atoms with Crippen LogP contribution < -0.4 is 5.32 Å². The number of benzene rings is 2. The monoisotopic (exact) mass is 342 g/mol. The highest BCUT2D eigenvalue weighted by atomic mass is 19.1. The average molecular weight is 342 g/mol. The third kappa shape index (κ3) is 4.50. The minimum atomic E-state index is -0.292. The number of ether oxygens (including phenoxy) is 1. The van der Waals surface area contributed by atoms with Crippen LogP contribution in [-0.2, 0) is 11.3 Å². The van der Waals surface area contributed by atoms with E-state index in [1.165, 1.54) is 6.07 Å². The first-order valence-corrected chi connectivity index (χ1v) is 8.60. The first-order chi connectivity index (χ1) is 12.1. The number of piperidine rings is 1. The average Bonchev–Trinajstić information content (AvgIpc) is 2.64. The molecule has 0 radical (unpaired) electrons. The molecular weight excluding hydrogens is 319 g/mol. The number of likely N-dealkylation sites (tertiary alicyclic amines) is 1. The number of carbonyl (C=O) groups is 1. The number of halogens is 1. The SMILES string of the molecule is CC1CN(C(=O)OCc2ccccc2)CCC1Nc1ccccc1F. The van der Waals surface area contributed by atoms with Crippen molar-refractivity contribution in [3.05, 3.63) is 66.0 Å². The highest BCUT2D eigenvalue weighted by molar-refractivity contribution is 5.67. The molecule has 2 unspecified atom stereocenters. The molecule has 0 spiro atoms. The van der Waals surface area contributed by atoms with Crippen LogP contribution in [0.25, 0.3) is 0 Å². The molecule has 25 heavy (non-hydrogen) atoms. The zero-order valence-corrected chi connectivity index (χ0v) is 14.3.